The van der Waals surface area contributed by atoms with E-state index in [4.69, 9.17) is 4.74 Å². The summed E-state index contributed by atoms with van der Waals surface area (Å²) in [6.07, 6.45) is 3.07. The summed E-state index contributed by atoms with van der Waals surface area (Å²) in [6.45, 7) is 3.99. The van der Waals surface area contributed by atoms with Gasteiger partial charge < -0.3 is 10.1 Å². The number of rotatable bonds is 3. The number of aromatic nitrogens is 2. The zero-order chi connectivity index (χ0) is 17.4. The van der Waals surface area contributed by atoms with Crippen LogP contribution in [0.25, 0.3) is 5.69 Å². The number of amides is 1. The maximum absolute atomic E-state index is 12.8. The van der Waals surface area contributed by atoms with Gasteiger partial charge >= 0.3 is 0 Å². The van der Waals surface area contributed by atoms with Gasteiger partial charge in [-0.2, -0.15) is 5.10 Å². The molecule has 0 radical (unpaired) electrons. The SMILES string of the molecule is Cc1ccc(-n2cccn2)cc1NC(=O)[C@@H]1Oc2ccccc2[C@@H]1C. The Morgan fingerprint density at radius 2 is 2.04 bits per heavy atom. The fraction of sp³-hybridized carbons (Fsp3) is 0.200. The standard InChI is InChI=1S/C20H19N3O2/c1-13-8-9-15(23-11-5-10-21-23)12-17(13)22-20(24)19-14(2)16-6-3-4-7-18(16)25-19/h3-12,14,19H,1-2H3,(H,22,24)/t14-,19+/m0/s1. The van der Waals surface area contributed by atoms with Gasteiger partial charge in [-0.15, -0.1) is 0 Å². The summed E-state index contributed by atoms with van der Waals surface area (Å²) >= 11 is 0. The smallest absolute Gasteiger partial charge is 0.266 e. The molecule has 0 fully saturated rings. The van der Waals surface area contributed by atoms with Crippen LogP contribution in [0, 0.1) is 6.92 Å². The van der Waals surface area contributed by atoms with Gasteiger partial charge in [-0.1, -0.05) is 31.2 Å². The monoisotopic (exact) mass is 333 g/mol. The number of benzene rings is 2. The third-order valence-electron chi connectivity index (χ3n) is 4.62. The quantitative estimate of drug-likeness (QED) is 0.795. The Balaban J connectivity index is 1.57. The number of fused-ring (bicyclic) bond motifs is 1. The molecule has 3 aromatic rings. The number of carbonyl (C=O) groups is 1. The third-order valence-corrected chi connectivity index (χ3v) is 4.62. The van der Waals surface area contributed by atoms with Crippen LogP contribution >= 0.6 is 0 Å². The normalized spacial score (nSPS) is 18.5. The van der Waals surface area contributed by atoms with Crippen LogP contribution in [-0.4, -0.2) is 21.8 Å². The number of carbonyl (C=O) groups excluding carboxylic acids is 1. The highest BCUT2D eigenvalue weighted by molar-refractivity contribution is 5.96. The molecule has 1 aliphatic rings. The van der Waals surface area contributed by atoms with Crippen LogP contribution in [0.4, 0.5) is 5.69 Å². The van der Waals surface area contributed by atoms with Gasteiger partial charge in [0, 0.05) is 29.6 Å². The largest absolute Gasteiger partial charge is 0.480 e. The minimum absolute atomic E-state index is 0.0193. The number of hydrogen-bond donors (Lipinski definition) is 1. The lowest BCUT2D eigenvalue weighted by molar-refractivity contribution is -0.122. The van der Waals surface area contributed by atoms with E-state index in [1.807, 2.05) is 68.6 Å². The second-order valence-corrected chi connectivity index (χ2v) is 6.30. The maximum Gasteiger partial charge on any atom is 0.266 e. The van der Waals surface area contributed by atoms with Gasteiger partial charge in [-0.25, -0.2) is 4.68 Å². The van der Waals surface area contributed by atoms with Gasteiger partial charge in [0.15, 0.2) is 6.10 Å². The molecule has 0 aliphatic carbocycles. The predicted octanol–water partition coefficient (Wildman–Crippen LogP) is 3.68. The van der Waals surface area contributed by atoms with Crippen molar-refractivity contribution in [1.82, 2.24) is 9.78 Å². The molecule has 0 saturated carbocycles. The Bertz CT molecular complexity index is 918. The Hall–Kier alpha value is -3.08. The maximum atomic E-state index is 12.8. The van der Waals surface area contributed by atoms with Crippen molar-refractivity contribution < 1.29 is 9.53 Å². The molecule has 4 rings (SSSR count). The number of anilines is 1. The minimum atomic E-state index is -0.523. The second-order valence-electron chi connectivity index (χ2n) is 6.30. The lowest BCUT2D eigenvalue weighted by atomic mass is 9.97. The Morgan fingerprint density at radius 1 is 1.20 bits per heavy atom. The van der Waals surface area contributed by atoms with Crippen molar-refractivity contribution in [1.29, 1.82) is 0 Å². The molecule has 1 N–H and O–H groups in total. The summed E-state index contributed by atoms with van der Waals surface area (Å²) < 4.78 is 7.63. The summed E-state index contributed by atoms with van der Waals surface area (Å²) in [5.41, 5.74) is 3.73. The molecule has 5 nitrogen and oxygen atoms in total. The van der Waals surface area contributed by atoms with Crippen LogP contribution in [0.2, 0.25) is 0 Å². The zero-order valence-corrected chi connectivity index (χ0v) is 14.1. The van der Waals surface area contributed by atoms with E-state index in [9.17, 15) is 4.79 Å². The molecule has 5 heteroatoms. The Kier molecular flexibility index (Phi) is 3.76. The fourth-order valence-corrected chi connectivity index (χ4v) is 3.16. The van der Waals surface area contributed by atoms with Crippen LogP contribution in [0.3, 0.4) is 0 Å². The van der Waals surface area contributed by atoms with E-state index in [1.165, 1.54) is 0 Å². The third kappa shape index (κ3) is 2.78. The van der Waals surface area contributed by atoms with Crippen molar-refractivity contribution in [3.05, 3.63) is 72.1 Å². The molecule has 25 heavy (non-hydrogen) atoms. The fourth-order valence-electron chi connectivity index (χ4n) is 3.16. The Labute approximate surface area is 146 Å². The van der Waals surface area contributed by atoms with Gasteiger partial charge in [0.25, 0.3) is 5.91 Å². The molecule has 1 aliphatic heterocycles. The first-order chi connectivity index (χ1) is 12.1. The molecular weight excluding hydrogens is 314 g/mol. The van der Waals surface area contributed by atoms with E-state index in [1.54, 1.807) is 10.9 Å². The van der Waals surface area contributed by atoms with Crippen LogP contribution in [0.1, 0.15) is 24.0 Å². The van der Waals surface area contributed by atoms with Crippen molar-refractivity contribution >= 4 is 11.6 Å². The molecule has 1 amide bonds. The molecule has 0 unspecified atom stereocenters. The molecule has 1 aromatic heterocycles. The lowest BCUT2D eigenvalue weighted by Gasteiger charge is -2.17. The molecule has 0 saturated heterocycles. The van der Waals surface area contributed by atoms with Crippen LogP contribution in [-0.2, 0) is 4.79 Å². The average molecular weight is 333 g/mol. The predicted molar refractivity (Wildman–Crippen MR) is 96.2 cm³/mol. The first-order valence-electron chi connectivity index (χ1n) is 8.30. The molecule has 2 heterocycles. The number of para-hydroxylation sites is 1. The highest BCUT2D eigenvalue weighted by Gasteiger charge is 2.36. The number of hydrogen-bond acceptors (Lipinski definition) is 3. The zero-order valence-electron chi connectivity index (χ0n) is 14.1. The lowest BCUT2D eigenvalue weighted by Crippen LogP contribution is -2.33. The molecular formula is C20H19N3O2. The molecule has 0 spiro atoms. The number of nitrogens with one attached hydrogen (secondary N) is 1. The van der Waals surface area contributed by atoms with E-state index < -0.39 is 6.10 Å². The first kappa shape index (κ1) is 15.4. The van der Waals surface area contributed by atoms with Crippen molar-refractivity contribution in [2.75, 3.05) is 5.32 Å². The van der Waals surface area contributed by atoms with E-state index in [-0.39, 0.29) is 11.8 Å². The minimum Gasteiger partial charge on any atom is -0.480 e. The van der Waals surface area contributed by atoms with E-state index >= 15 is 0 Å². The van der Waals surface area contributed by atoms with Gasteiger partial charge in [-0.3, -0.25) is 4.79 Å². The van der Waals surface area contributed by atoms with Crippen molar-refractivity contribution in [3.63, 3.8) is 0 Å². The summed E-state index contributed by atoms with van der Waals surface area (Å²) in [6, 6.07) is 15.5. The van der Waals surface area contributed by atoms with Crippen LogP contribution in [0.15, 0.2) is 60.9 Å². The number of aryl methyl sites for hydroxylation is 1. The van der Waals surface area contributed by atoms with Crippen molar-refractivity contribution in [2.45, 2.75) is 25.9 Å². The van der Waals surface area contributed by atoms with E-state index in [0.29, 0.717) is 0 Å². The summed E-state index contributed by atoms with van der Waals surface area (Å²) in [5, 5.41) is 7.25. The Morgan fingerprint density at radius 3 is 2.80 bits per heavy atom. The highest BCUT2D eigenvalue weighted by Crippen LogP contribution is 2.38. The van der Waals surface area contributed by atoms with Gasteiger partial charge in [-0.05, 0) is 36.8 Å². The van der Waals surface area contributed by atoms with Crippen LogP contribution < -0.4 is 10.1 Å². The van der Waals surface area contributed by atoms with E-state index in [2.05, 4.69) is 10.4 Å². The summed E-state index contributed by atoms with van der Waals surface area (Å²) in [7, 11) is 0. The summed E-state index contributed by atoms with van der Waals surface area (Å²) in [4.78, 5) is 12.8. The second kappa shape index (κ2) is 6.09. The van der Waals surface area contributed by atoms with Crippen LogP contribution in [0.5, 0.6) is 5.75 Å². The molecule has 126 valence electrons. The van der Waals surface area contributed by atoms with Gasteiger partial charge in [0.1, 0.15) is 5.75 Å². The molecule has 2 aromatic carbocycles. The van der Waals surface area contributed by atoms with Gasteiger partial charge in [0.2, 0.25) is 0 Å². The topological polar surface area (TPSA) is 56.2 Å². The van der Waals surface area contributed by atoms with Crippen molar-refractivity contribution in [2.24, 2.45) is 0 Å². The van der Waals surface area contributed by atoms with E-state index in [0.717, 1.165) is 28.3 Å². The molecule has 0 bridgehead atoms. The molecule has 2 atom stereocenters. The number of nitrogens with zero attached hydrogens (tertiary/aromatic N) is 2. The average Bonchev–Trinajstić information content (AvgIpc) is 3.26. The first-order valence-corrected chi connectivity index (χ1v) is 8.30. The van der Waals surface area contributed by atoms with Gasteiger partial charge in [0.05, 0.1) is 5.69 Å². The summed E-state index contributed by atoms with van der Waals surface area (Å²) in [5.74, 6) is 0.674. The van der Waals surface area contributed by atoms with Crippen molar-refractivity contribution in [3.8, 4) is 11.4 Å². The highest BCUT2D eigenvalue weighted by atomic mass is 16.5. The number of ether oxygens (including phenoxy) is 1.